The van der Waals surface area contributed by atoms with Gasteiger partial charge in [-0.25, -0.2) is 0 Å². The van der Waals surface area contributed by atoms with Gasteiger partial charge in [-0.3, -0.25) is 0 Å². The van der Waals surface area contributed by atoms with Crippen LogP contribution in [-0.4, -0.2) is 10.1 Å². The highest BCUT2D eigenvalue weighted by atomic mass is 16.5. The maximum absolute atomic E-state index is 8.85. The van der Waals surface area contributed by atoms with Gasteiger partial charge in [0.2, 0.25) is 0 Å². The van der Waals surface area contributed by atoms with Crippen molar-refractivity contribution in [2.75, 3.05) is 0 Å². The van der Waals surface area contributed by atoms with Crippen molar-refractivity contribution in [2.24, 2.45) is 5.92 Å². The Labute approximate surface area is 113 Å². The molecule has 4 nitrogen and oxygen atoms in total. The molecule has 0 saturated heterocycles. The van der Waals surface area contributed by atoms with E-state index in [1.165, 1.54) is 0 Å². The van der Waals surface area contributed by atoms with Crippen LogP contribution in [-0.2, 0) is 6.42 Å². The Bertz CT molecular complexity index is 608. The zero-order chi connectivity index (χ0) is 13.8. The second kappa shape index (κ2) is 5.66. The van der Waals surface area contributed by atoms with Crippen LogP contribution in [0.5, 0.6) is 0 Å². The van der Waals surface area contributed by atoms with Crippen LogP contribution < -0.4 is 0 Å². The van der Waals surface area contributed by atoms with Crippen LogP contribution in [0.4, 0.5) is 0 Å². The molecule has 0 aliphatic heterocycles. The van der Waals surface area contributed by atoms with Crippen LogP contribution in [0.1, 0.15) is 37.2 Å². The van der Waals surface area contributed by atoms with Crippen LogP contribution in [0, 0.1) is 24.2 Å². The van der Waals surface area contributed by atoms with E-state index in [1.807, 2.05) is 19.1 Å². The minimum absolute atomic E-state index is 0.528. The lowest BCUT2D eigenvalue weighted by molar-refractivity contribution is 0.419. The average Bonchev–Trinajstić information content (AvgIpc) is 2.84. The Kier molecular flexibility index (Phi) is 3.96. The first-order valence-corrected chi connectivity index (χ1v) is 6.44. The standard InChI is InChI=1S/C15H17N3O/c1-10(2)4-7-14-17-15(19-18-14)13-6-5-12(9-16)8-11(13)3/h5-6,8,10H,4,7H2,1-3H3. The smallest absolute Gasteiger partial charge is 0.258 e. The highest BCUT2D eigenvalue weighted by molar-refractivity contribution is 5.60. The van der Waals surface area contributed by atoms with Gasteiger partial charge in [0.05, 0.1) is 11.6 Å². The Balaban J connectivity index is 2.21. The zero-order valence-electron chi connectivity index (χ0n) is 11.5. The summed E-state index contributed by atoms with van der Waals surface area (Å²) >= 11 is 0. The summed E-state index contributed by atoms with van der Waals surface area (Å²) in [5.41, 5.74) is 2.50. The van der Waals surface area contributed by atoms with Gasteiger partial charge in [0.25, 0.3) is 5.89 Å². The van der Waals surface area contributed by atoms with Gasteiger partial charge in [0.15, 0.2) is 5.82 Å². The Hall–Kier alpha value is -2.15. The van der Waals surface area contributed by atoms with Crippen LogP contribution in [0.2, 0.25) is 0 Å². The van der Waals surface area contributed by atoms with Gasteiger partial charge in [-0.2, -0.15) is 10.2 Å². The van der Waals surface area contributed by atoms with Gasteiger partial charge in [-0.15, -0.1) is 0 Å². The van der Waals surface area contributed by atoms with Crippen LogP contribution in [0.3, 0.4) is 0 Å². The number of rotatable bonds is 4. The fraction of sp³-hybridized carbons (Fsp3) is 0.400. The fourth-order valence-corrected chi connectivity index (χ4v) is 1.86. The minimum atomic E-state index is 0.528. The molecule has 0 atom stereocenters. The van der Waals surface area contributed by atoms with E-state index in [-0.39, 0.29) is 0 Å². The molecule has 0 radical (unpaired) electrons. The Morgan fingerprint density at radius 2 is 2.16 bits per heavy atom. The second-order valence-corrected chi connectivity index (χ2v) is 5.09. The quantitative estimate of drug-likeness (QED) is 0.838. The summed E-state index contributed by atoms with van der Waals surface area (Å²) < 4.78 is 5.29. The molecule has 19 heavy (non-hydrogen) atoms. The molecule has 1 aromatic heterocycles. The van der Waals surface area contributed by atoms with Crippen molar-refractivity contribution in [1.82, 2.24) is 10.1 Å². The predicted octanol–water partition coefficient (Wildman–Crippen LogP) is 3.51. The first-order chi connectivity index (χ1) is 9.10. The Morgan fingerprint density at radius 3 is 2.79 bits per heavy atom. The third-order valence-corrected chi connectivity index (χ3v) is 3.00. The fourth-order valence-electron chi connectivity index (χ4n) is 1.86. The maximum Gasteiger partial charge on any atom is 0.258 e. The lowest BCUT2D eigenvalue weighted by Crippen LogP contribution is -1.94. The van der Waals surface area contributed by atoms with Gasteiger partial charge in [-0.1, -0.05) is 19.0 Å². The molecule has 0 amide bonds. The van der Waals surface area contributed by atoms with Gasteiger partial charge < -0.3 is 4.52 Å². The highest BCUT2D eigenvalue weighted by Crippen LogP contribution is 2.23. The van der Waals surface area contributed by atoms with Crippen molar-refractivity contribution < 1.29 is 4.52 Å². The molecule has 0 N–H and O–H groups in total. The predicted molar refractivity (Wildman–Crippen MR) is 72.3 cm³/mol. The number of benzene rings is 1. The second-order valence-electron chi connectivity index (χ2n) is 5.09. The normalized spacial score (nSPS) is 10.7. The van der Waals surface area contributed by atoms with E-state index in [4.69, 9.17) is 9.78 Å². The van der Waals surface area contributed by atoms with E-state index in [2.05, 4.69) is 30.1 Å². The van der Waals surface area contributed by atoms with Gasteiger partial charge in [0, 0.05) is 12.0 Å². The lowest BCUT2D eigenvalue weighted by atomic mass is 10.1. The molecule has 0 aliphatic carbocycles. The molecule has 0 bridgehead atoms. The topological polar surface area (TPSA) is 62.7 Å². The summed E-state index contributed by atoms with van der Waals surface area (Å²) in [6, 6.07) is 7.56. The SMILES string of the molecule is Cc1cc(C#N)ccc1-c1nc(CCC(C)C)no1. The zero-order valence-corrected chi connectivity index (χ0v) is 11.5. The van der Waals surface area contributed by atoms with E-state index in [0.717, 1.165) is 29.8 Å². The van der Waals surface area contributed by atoms with Crippen molar-refractivity contribution in [1.29, 1.82) is 5.26 Å². The van der Waals surface area contributed by atoms with E-state index in [9.17, 15) is 0 Å². The molecule has 1 heterocycles. The molecule has 0 unspecified atom stereocenters. The molecule has 4 heteroatoms. The first-order valence-electron chi connectivity index (χ1n) is 6.44. The number of aryl methyl sites for hydroxylation is 2. The Morgan fingerprint density at radius 1 is 1.37 bits per heavy atom. The van der Waals surface area contributed by atoms with E-state index < -0.39 is 0 Å². The van der Waals surface area contributed by atoms with E-state index >= 15 is 0 Å². The molecular weight excluding hydrogens is 238 g/mol. The maximum atomic E-state index is 8.85. The van der Waals surface area contributed by atoms with Crippen molar-refractivity contribution in [3.63, 3.8) is 0 Å². The molecule has 0 aliphatic rings. The highest BCUT2D eigenvalue weighted by Gasteiger charge is 2.11. The van der Waals surface area contributed by atoms with Gasteiger partial charge in [0.1, 0.15) is 0 Å². The number of nitrogens with zero attached hydrogens (tertiary/aromatic N) is 3. The number of hydrogen-bond donors (Lipinski definition) is 0. The van der Waals surface area contributed by atoms with Crippen LogP contribution in [0.25, 0.3) is 11.5 Å². The van der Waals surface area contributed by atoms with Crippen LogP contribution in [0.15, 0.2) is 22.7 Å². The van der Waals surface area contributed by atoms with E-state index in [1.54, 1.807) is 6.07 Å². The molecule has 2 aromatic rings. The molecule has 0 spiro atoms. The van der Waals surface area contributed by atoms with Gasteiger partial charge in [-0.05, 0) is 43.0 Å². The molecule has 0 saturated carbocycles. The van der Waals surface area contributed by atoms with Crippen molar-refractivity contribution >= 4 is 0 Å². The number of nitriles is 1. The van der Waals surface area contributed by atoms with E-state index in [0.29, 0.717) is 17.4 Å². The molecule has 1 aromatic carbocycles. The summed E-state index contributed by atoms with van der Waals surface area (Å²) in [4.78, 5) is 4.41. The first kappa shape index (κ1) is 13.3. The monoisotopic (exact) mass is 255 g/mol. The van der Waals surface area contributed by atoms with Gasteiger partial charge >= 0.3 is 0 Å². The summed E-state index contributed by atoms with van der Waals surface area (Å²) in [5.74, 6) is 1.90. The molecule has 98 valence electrons. The summed E-state index contributed by atoms with van der Waals surface area (Å²) in [7, 11) is 0. The third-order valence-electron chi connectivity index (χ3n) is 3.00. The summed E-state index contributed by atoms with van der Waals surface area (Å²) in [6.45, 7) is 6.28. The largest absolute Gasteiger partial charge is 0.334 e. The average molecular weight is 255 g/mol. The molecular formula is C15H17N3O. The number of aromatic nitrogens is 2. The summed E-state index contributed by atoms with van der Waals surface area (Å²) in [6.07, 6.45) is 1.88. The lowest BCUT2D eigenvalue weighted by Gasteiger charge is -2.00. The van der Waals surface area contributed by atoms with Crippen molar-refractivity contribution in [3.8, 4) is 17.5 Å². The molecule has 0 fully saturated rings. The number of hydrogen-bond acceptors (Lipinski definition) is 4. The summed E-state index contributed by atoms with van der Waals surface area (Å²) in [5, 5.41) is 12.8. The minimum Gasteiger partial charge on any atom is -0.334 e. The molecule has 2 rings (SSSR count). The van der Waals surface area contributed by atoms with Crippen molar-refractivity contribution in [2.45, 2.75) is 33.6 Å². The van der Waals surface area contributed by atoms with Crippen molar-refractivity contribution in [3.05, 3.63) is 35.2 Å². The van der Waals surface area contributed by atoms with Crippen LogP contribution >= 0.6 is 0 Å². The third kappa shape index (κ3) is 3.19.